The van der Waals surface area contributed by atoms with Gasteiger partial charge in [-0.05, 0) is 25.0 Å². The van der Waals surface area contributed by atoms with Gasteiger partial charge in [0, 0.05) is 16.1 Å². The predicted molar refractivity (Wildman–Crippen MR) is 77.5 cm³/mol. The zero-order chi connectivity index (χ0) is 13.9. The third-order valence-electron chi connectivity index (χ3n) is 3.51. The minimum Gasteiger partial charge on any atom is -0.491 e. The number of hydrogen-bond donors (Lipinski definition) is 0. The van der Waals surface area contributed by atoms with Crippen molar-refractivity contribution < 1.29 is 13.2 Å². The van der Waals surface area contributed by atoms with Gasteiger partial charge in [0.25, 0.3) is 0 Å². The molecule has 3 nitrogen and oxygen atoms in total. The van der Waals surface area contributed by atoms with Crippen LogP contribution >= 0.6 is 22.3 Å². The maximum absolute atomic E-state index is 11.4. The molecule has 2 rings (SSSR count). The summed E-state index contributed by atoms with van der Waals surface area (Å²) in [6, 6.07) is 7.18. The van der Waals surface area contributed by atoms with Gasteiger partial charge >= 0.3 is 0 Å². The summed E-state index contributed by atoms with van der Waals surface area (Å²) < 4.78 is 28.4. The molecule has 0 unspecified atom stereocenters. The van der Waals surface area contributed by atoms with Gasteiger partial charge in [0.15, 0.2) is 0 Å². The second-order valence-electron chi connectivity index (χ2n) is 5.11. The van der Waals surface area contributed by atoms with Crippen LogP contribution in [-0.4, -0.2) is 20.8 Å². The van der Waals surface area contributed by atoms with E-state index in [1.165, 1.54) is 0 Å². The Hall–Kier alpha value is -0.450. The standard InChI is InChI=1S/C13H16Cl2O3S/c14-11-5-1-2-6-12(11)18-9-13(7-3-4-8-13)10-19(15,16)17/h1-2,5-6H,3-4,7-10H2. The Labute approximate surface area is 123 Å². The van der Waals surface area contributed by atoms with Crippen molar-refractivity contribution in [3.05, 3.63) is 29.3 Å². The average molecular weight is 323 g/mol. The molecule has 0 radical (unpaired) electrons. The molecule has 1 aliphatic rings. The van der Waals surface area contributed by atoms with E-state index in [2.05, 4.69) is 0 Å². The Morgan fingerprint density at radius 3 is 2.42 bits per heavy atom. The first-order valence-corrected chi connectivity index (χ1v) is 9.06. The van der Waals surface area contributed by atoms with Crippen LogP contribution in [0.5, 0.6) is 5.75 Å². The highest BCUT2D eigenvalue weighted by atomic mass is 35.7. The van der Waals surface area contributed by atoms with Gasteiger partial charge in [-0.15, -0.1) is 0 Å². The SMILES string of the molecule is O=S(=O)(Cl)CC1(COc2ccccc2Cl)CCCC1. The number of hydrogen-bond acceptors (Lipinski definition) is 3. The number of rotatable bonds is 5. The highest BCUT2D eigenvalue weighted by Crippen LogP contribution is 2.40. The second kappa shape index (κ2) is 5.90. The van der Waals surface area contributed by atoms with Crippen molar-refractivity contribution in [2.75, 3.05) is 12.4 Å². The maximum Gasteiger partial charge on any atom is 0.233 e. The van der Waals surface area contributed by atoms with Gasteiger partial charge in [0.1, 0.15) is 5.75 Å². The molecule has 0 saturated heterocycles. The molecule has 0 amide bonds. The molecule has 0 heterocycles. The van der Waals surface area contributed by atoms with Crippen LogP contribution in [0.25, 0.3) is 0 Å². The molecule has 1 fully saturated rings. The molecule has 1 aromatic rings. The number of halogens is 2. The molecule has 0 N–H and O–H groups in total. The van der Waals surface area contributed by atoms with Gasteiger partial charge < -0.3 is 4.74 Å². The zero-order valence-corrected chi connectivity index (χ0v) is 12.8. The minimum absolute atomic E-state index is 0.0357. The van der Waals surface area contributed by atoms with E-state index in [4.69, 9.17) is 27.0 Å². The number of benzene rings is 1. The molecule has 0 aromatic heterocycles. The summed E-state index contributed by atoms with van der Waals surface area (Å²) in [5.74, 6) is 0.550. The van der Waals surface area contributed by atoms with Gasteiger partial charge in [0.2, 0.25) is 9.05 Å². The highest BCUT2D eigenvalue weighted by molar-refractivity contribution is 8.13. The van der Waals surface area contributed by atoms with Gasteiger partial charge in [-0.25, -0.2) is 8.42 Å². The first kappa shape index (κ1) is 14.9. The smallest absolute Gasteiger partial charge is 0.233 e. The predicted octanol–water partition coefficient (Wildman–Crippen LogP) is 3.85. The van der Waals surface area contributed by atoms with Crippen LogP contribution in [0.15, 0.2) is 24.3 Å². The molecule has 0 bridgehead atoms. The third kappa shape index (κ3) is 4.26. The molecular formula is C13H16Cl2O3S. The Bertz CT molecular complexity index is 537. The fourth-order valence-corrected chi connectivity index (χ4v) is 4.60. The zero-order valence-electron chi connectivity index (χ0n) is 10.4. The minimum atomic E-state index is -3.52. The van der Waals surface area contributed by atoms with E-state index in [1.807, 2.05) is 12.1 Å². The van der Waals surface area contributed by atoms with Gasteiger partial charge in [-0.1, -0.05) is 36.6 Å². The highest BCUT2D eigenvalue weighted by Gasteiger charge is 2.38. The normalized spacial score (nSPS) is 18.4. The third-order valence-corrected chi connectivity index (χ3v) is 5.11. The van der Waals surface area contributed by atoms with E-state index in [0.29, 0.717) is 17.4 Å². The molecule has 6 heteroatoms. The van der Waals surface area contributed by atoms with Crippen LogP contribution < -0.4 is 4.74 Å². The Morgan fingerprint density at radius 1 is 1.21 bits per heavy atom. The summed E-state index contributed by atoms with van der Waals surface area (Å²) in [6.45, 7) is 0.336. The molecule has 0 spiro atoms. The van der Waals surface area contributed by atoms with E-state index in [1.54, 1.807) is 12.1 Å². The van der Waals surface area contributed by atoms with Crippen molar-refractivity contribution >= 4 is 31.3 Å². The average Bonchev–Trinajstić information content (AvgIpc) is 2.74. The van der Waals surface area contributed by atoms with Crippen LogP contribution in [0.4, 0.5) is 0 Å². The summed E-state index contributed by atoms with van der Waals surface area (Å²) in [4.78, 5) is 0. The summed E-state index contributed by atoms with van der Waals surface area (Å²) >= 11 is 6.02. The number of ether oxygens (including phenoxy) is 1. The van der Waals surface area contributed by atoms with Crippen molar-refractivity contribution in [3.8, 4) is 5.75 Å². The molecule has 1 aromatic carbocycles. The van der Waals surface area contributed by atoms with Crippen molar-refractivity contribution in [3.63, 3.8) is 0 Å². The Morgan fingerprint density at radius 2 is 1.84 bits per heavy atom. The summed E-state index contributed by atoms with van der Waals surface area (Å²) in [5, 5.41) is 0.532. The first-order chi connectivity index (χ1) is 8.90. The maximum atomic E-state index is 11.4. The van der Waals surface area contributed by atoms with Crippen LogP contribution in [0, 0.1) is 5.41 Å². The van der Waals surface area contributed by atoms with Crippen LogP contribution in [0.2, 0.25) is 5.02 Å². The van der Waals surface area contributed by atoms with E-state index >= 15 is 0 Å². The van der Waals surface area contributed by atoms with Gasteiger partial charge in [-0.3, -0.25) is 0 Å². The molecule has 1 saturated carbocycles. The molecule has 0 atom stereocenters. The first-order valence-electron chi connectivity index (χ1n) is 6.20. The fraction of sp³-hybridized carbons (Fsp3) is 0.538. The van der Waals surface area contributed by atoms with Crippen molar-refractivity contribution in [2.24, 2.45) is 5.41 Å². The van der Waals surface area contributed by atoms with Crippen LogP contribution in [-0.2, 0) is 9.05 Å². The van der Waals surface area contributed by atoms with E-state index in [9.17, 15) is 8.42 Å². The Kier molecular flexibility index (Phi) is 4.64. The van der Waals surface area contributed by atoms with Crippen LogP contribution in [0.1, 0.15) is 25.7 Å². The van der Waals surface area contributed by atoms with E-state index < -0.39 is 9.05 Å². The summed E-state index contributed by atoms with van der Waals surface area (Å²) in [7, 11) is 1.89. The van der Waals surface area contributed by atoms with Crippen LogP contribution in [0.3, 0.4) is 0 Å². The lowest BCUT2D eigenvalue weighted by Gasteiger charge is -2.27. The lowest BCUT2D eigenvalue weighted by atomic mass is 9.90. The molecular weight excluding hydrogens is 307 g/mol. The van der Waals surface area contributed by atoms with E-state index in [0.717, 1.165) is 25.7 Å². The quantitative estimate of drug-likeness (QED) is 0.773. The Balaban J connectivity index is 2.08. The monoisotopic (exact) mass is 322 g/mol. The molecule has 106 valence electrons. The lowest BCUT2D eigenvalue weighted by Crippen LogP contribution is -2.32. The van der Waals surface area contributed by atoms with Crippen molar-refractivity contribution in [1.29, 1.82) is 0 Å². The largest absolute Gasteiger partial charge is 0.491 e. The van der Waals surface area contributed by atoms with E-state index in [-0.39, 0.29) is 11.2 Å². The summed E-state index contributed by atoms with van der Waals surface area (Å²) in [5.41, 5.74) is -0.375. The summed E-state index contributed by atoms with van der Waals surface area (Å²) in [6.07, 6.45) is 3.67. The lowest BCUT2D eigenvalue weighted by molar-refractivity contribution is 0.171. The molecule has 1 aliphatic carbocycles. The molecule has 19 heavy (non-hydrogen) atoms. The second-order valence-corrected chi connectivity index (χ2v) is 8.29. The van der Waals surface area contributed by atoms with Gasteiger partial charge in [0.05, 0.1) is 17.4 Å². The fourth-order valence-electron chi connectivity index (χ4n) is 2.61. The van der Waals surface area contributed by atoms with Crippen molar-refractivity contribution in [2.45, 2.75) is 25.7 Å². The molecule has 0 aliphatic heterocycles. The number of para-hydroxylation sites is 1. The van der Waals surface area contributed by atoms with Crippen molar-refractivity contribution in [1.82, 2.24) is 0 Å². The van der Waals surface area contributed by atoms with Gasteiger partial charge in [-0.2, -0.15) is 0 Å². The topological polar surface area (TPSA) is 43.4 Å².